The number of fused-ring (bicyclic) bond motifs is 1. The molecule has 0 aliphatic heterocycles. The molecule has 0 unspecified atom stereocenters. The third-order valence-corrected chi connectivity index (χ3v) is 4.51. The Morgan fingerprint density at radius 1 is 1.04 bits per heavy atom. The van der Waals surface area contributed by atoms with Gasteiger partial charge >= 0.3 is 0 Å². The molecule has 7 nitrogen and oxygen atoms in total. The van der Waals surface area contributed by atoms with E-state index in [-0.39, 0.29) is 17.9 Å². The van der Waals surface area contributed by atoms with Crippen LogP contribution < -0.4 is 10.9 Å². The molecule has 0 radical (unpaired) electrons. The predicted molar refractivity (Wildman–Crippen MR) is 107 cm³/mol. The van der Waals surface area contributed by atoms with E-state index in [4.69, 9.17) is 0 Å². The van der Waals surface area contributed by atoms with Crippen LogP contribution in [0.25, 0.3) is 22.2 Å². The number of aryl methyl sites for hydroxylation is 1. The van der Waals surface area contributed by atoms with E-state index in [0.29, 0.717) is 29.7 Å². The molecule has 28 heavy (non-hydrogen) atoms. The van der Waals surface area contributed by atoms with Crippen LogP contribution in [-0.2, 0) is 17.8 Å². The topological polar surface area (TPSA) is 104 Å². The van der Waals surface area contributed by atoms with Gasteiger partial charge < -0.3 is 10.3 Å². The van der Waals surface area contributed by atoms with Crippen LogP contribution in [0, 0.1) is 0 Å². The van der Waals surface area contributed by atoms with Gasteiger partial charge in [0.1, 0.15) is 5.82 Å². The largest absolute Gasteiger partial charge is 0.352 e. The Balaban J connectivity index is 1.32. The van der Waals surface area contributed by atoms with Crippen molar-refractivity contribution in [1.29, 1.82) is 0 Å². The molecule has 0 atom stereocenters. The van der Waals surface area contributed by atoms with E-state index in [2.05, 4.69) is 25.5 Å². The second-order valence-corrected chi connectivity index (χ2v) is 6.47. The van der Waals surface area contributed by atoms with Gasteiger partial charge in [-0.25, -0.2) is 4.98 Å². The zero-order chi connectivity index (χ0) is 19.3. The molecule has 0 fully saturated rings. The molecule has 0 aliphatic carbocycles. The highest BCUT2D eigenvalue weighted by molar-refractivity contribution is 5.78. The number of amides is 1. The number of rotatable bonds is 6. The third kappa shape index (κ3) is 3.98. The molecule has 1 amide bonds. The maximum Gasteiger partial charge on any atom is 0.258 e. The molecule has 0 saturated heterocycles. The minimum Gasteiger partial charge on any atom is -0.352 e. The van der Waals surface area contributed by atoms with Gasteiger partial charge in [0, 0.05) is 25.6 Å². The molecule has 2 aromatic carbocycles. The molecule has 140 valence electrons. The van der Waals surface area contributed by atoms with Crippen LogP contribution in [0.3, 0.4) is 0 Å². The second kappa shape index (κ2) is 7.87. The third-order valence-electron chi connectivity index (χ3n) is 4.51. The summed E-state index contributed by atoms with van der Waals surface area (Å²) in [5.74, 6) is 0.427. The number of para-hydroxylation sites is 1. The molecule has 2 aromatic heterocycles. The molecule has 0 spiro atoms. The average molecular weight is 373 g/mol. The van der Waals surface area contributed by atoms with Crippen molar-refractivity contribution in [3.05, 3.63) is 82.5 Å². The number of hydrogen-bond acceptors (Lipinski definition) is 4. The minimum absolute atomic E-state index is 0.0894. The molecule has 7 heteroatoms. The van der Waals surface area contributed by atoms with Crippen molar-refractivity contribution in [3.8, 4) is 11.3 Å². The van der Waals surface area contributed by atoms with Crippen molar-refractivity contribution < 1.29 is 4.79 Å². The summed E-state index contributed by atoms with van der Waals surface area (Å²) in [5.41, 5.74) is 3.46. The first-order chi connectivity index (χ1) is 13.7. The number of H-pyrrole nitrogens is 2. The summed E-state index contributed by atoms with van der Waals surface area (Å²) in [6, 6.07) is 17.0. The number of hydrogen-bond donors (Lipinski definition) is 3. The molecular weight excluding hydrogens is 354 g/mol. The molecule has 3 N–H and O–H groups in total. The lowest BCUT2D eigenvalue weighted by atomic mass is 10.1. The highest BCUT2D eigenvalue weighted by Crippen LogP contribution is 2.16. The van der Waals surface area contributed by atoms with E-state index < -0.39 is 0 Å². The molecule has 0 aliphatic rings. The fraction of sp³-hybridized carbons (Fsp3) is 0.143. The monoisotopic (exact) mass is 373 g/mol. The Bertz CT molecular complexity index is 1150. The van der Waals surface area contributed by atoms with E-state index in [1.165, 1.54) is 0 Å². The first-order valence-corrected chi connectivity index (χ1v) is 9.02. The Morgan fingerprint density at radius 3 is 2.64 bits per heavy atom. The van der Waals surface area contributed by atoms with Crippen LogP contribution in [0.15, 0.2) is 65.6 Å². The number of carbonyl (C=O) groups is 1. The normalized spacial score (nSPS) is 10.9. The van der Waals surface area contributed by atoms with Gasteiger partial charge in [-0.2, -0.15) is 5.10 Å². The number of benzene rings is 2. The number of carbonyl (C=O) groups excluding carboxylic acids is 1. The lowest BCUT2D eigenvalue weighted by molar-refractivity contribution is -0.121. The van der Waals surface area contributed by atoms with Gasteiger partial charge in [0.05, 0.1) is 16.6 Å². The van der Waals surface area contributed by atoms with Crippen molar-refractivity contribution in [3.63, 3.8) is 0 Å². The summed E-state index contributed by atoms with van der Waals surface area (Å²) in [7, 11) is 0. The minimum atomic E-state index is -0.182. The van der Waals surface area contributed by atoms with Gasteiger partial charge in [0.15, 0.2) is 0 Å². The fourth-order valence-electron chi connectivity index (χ4n) is 2.99. The Morgan fingerprint density at radius 2 is 1.86 bits per heavy atom. The Kier molecular flexibility index (Phi) is 4.97. The summed E-state index contributed by atoms with van der Waals surface area (Å²) in [6.45, 7) is 0.448. The van der Waals surface area contributed by atoms with E-state index in [1.807, 2.05) is 36.4 Å². The standard InChI is InChI=1S/C21H19N5O2/c27-20(10-9-19-24-18-4-2-1-3-16(18)21(28)25-19)22-13-14-5-7-15(8-6-14)17-11-12-23-26-17/h1-8,11-12H,9-10,13H2,(H,22,27)(H,23,26)(H,24,25,28). The zero-order valence-corrected chi connectivity index (χ0v) is 15.1. The highest BCUT2D eigenvalue weighted by Gasteiger charge is 2.07. The molecule has 4 rings (SSSR count). The second-order valence-electron chi connectivity index (χ2n) is 6.47. The lowest BCUT2D eigenvalue weighted by Crippen LogP contribution is -2.23. The van der Waals surface area contributed by atoms with Crippen LogP contribution in [0.2, 0.25) is 0 Å². The van der Waals surface area contributed by atoms with Crippen LogP contribution in [0.4, 0.5) is 0 Å². The van der Waals surface area contributed by atoms with Gasteiger partial charge in [-0.3, -0.25) is 14.7 Å². The summed E-state index contributed by atoms with van der Waals surface area (Å²) in [6.07, 6.45) is 2.35. The molecular formula is C21H19N5O2. The van der Waals surface area contributed by atoms with Crippen LogP contribution >= 0.6 is 0 Å². The lowest BCUT2D eigenvalue weighted by Gasteiger charge is -2.07. The van der Waals surface area contributed by atoms with Gasteiger partial charge in [0.2, 0.25) is 5.91 Å². The number of aromatic amines is 2. The first kappa shape index (κ1) is 17.7. The summed E-state index contributed by atoms with van der Waals surface area (Å²) in [4.78, 5) is 31.4. The first-order valence-electron chi connectivity index (χ1n) is 9.02. The Hall–Kier alpha value is -3.74. The number of nitrogens with one attached hydrogen (secondary N) is 3. The van der Waals surface area contributed by atoms with Crippen molar-refractivity contribution in [2.24, 2.45) is 0 Å². The van der Waals surface area contributed by atoms with Gasteiger partial charge in [-0.15, -0.1) is 0 Å². The van der Waals surface area contributed by atoms with Crippen molar-refractivity contribution in [2.45, 2.75) is 19.4 Å². The van der Waals surface area contributed by atoms with E-state index >= 15 is 0 Å². The van der Waals surface area contributed by atoms with Crippen LogP contribution in [0.5, 0.6) is 0 Å². The van der Waals surface area contributed by atoms with Crippen molar-refractivity contribution in [2.75, 3.05) is 0 Å². The molecule has 2 heterocycles. The zero-order valence-electron chi connectivity index (χ0n) is 15.1. The van der Waals surface area contributed by atoms with E-state index in [9.17, 15) is 9.59 Å². The maximum atomic E-state index is 12.1. The van der Waals surface area contributed by atoms with Gasteiger partial charge in [0.25, 0.3) is 5.56 Å². The smallest absolute Gasteiger partial charge is 0.258 e. The quantitative estimate of drug-likeness (QED) is 0.483. The maximum absolute atomic E-state index is 12.1. The highest BCUT2D eigenvalue weighted by atomic mass is 16.1. The van der Waals surface area contributed by atoms with Crippen molar-refractivity contribution >= 4 is 16.8 Å². The number of nitrogens with zero attached hydrogens (tertiary/aromatic N) is 2. The van der Waals surface area contributed by atoms with Crippen molar-refractivity contribution in [1.82, 2.24) is 25.5 Å². The summed E-state index contributed by atoms with van der Waals surface area (Å²) in [5, 5.41) is 10.3. The number of aromatic nitrogens is 4. The van der Waals surface area contributed by atoms with Crippen LogP contribution in [0.1, 0.15) is 17.8 Å². The summed E-state index contributed by atoms with van der Waals surface area (Å²) >= 11 is 0. The fourth-order valence-corrected chi connectivity index (χ4v) is 2.99. The van der Waals surface area contributed by atoms with Crippen LogP contribution in [-0.4, -0.2) is 26.1 Å². The SMILES string of the molecule is O=C(CCc1nc2ccccc2c(=O)[nH]1)NCc1ccc(-c2ccn[nH]2)cc1. The van der Waals surface area contributed by atoms with Gasteiger partial charge in [-0.1, -0.05) is 36.4 Å². The molecule has 4 aromatic rings. The van der Waals surface area contributed by atoms with E-state index in [1.54, 1.807) is 24.4 Å². The summed E-state index contributed by atoms with van der Waals surface area (Å²) < 4.78 is 0. The van der Waals surface area contributed by atoms with E-state index in [0.717, 1.165) is 16.8 Å². The van der Waals surface area contributed by atoms with Gasteiger partial charge in [-0.05, 0) is 29.3 Å². The molecule has 0 saturated carbocycles. The molecule has 0 bridgehead atoms. The predicted octanol–water partition coefficient (Wildman–Crippen LogP) is 2.56. The average Bonchev–Trinajstić information content (AvgIpc) is 3.26. The Labute approximate surface area is 160 Å².